The average molecular weight is 523 g/mol. The molecule has 9 heteroatoms. The van der Waals surface area contributed by atoms with Crippen LogP contribution in [-0.2, 0) is 20.7 Å². The summed E-state index contributed by atoms with van der Waals surface area (Å²) in [7, 11) is 1.31. The van der Waals surface area contributed by atoms with Crippen molar-refractivity contribution in [3.63, 3.8) is 0 Å². The zero-order chi connectivity index (χ0) is 27.1. The minimum absolute atomic E-state index is 0.0849. The van der Waals surface area contributed by atoms with Crippen molar-refractivity contribution in [1.29, 1.82) is 0 Å². The maximum atomic E-state index is 13.8. The summed E-state index contributed by atoms with van der Waals surface area (Å²) in [6.07, 6.45) is 1.41. The number of piperidine rings is 1. The van der Waals surface area contributed by atoms with Crippen molar-refractivity contribution in [3.05, 3.63) is 95.1 Å². The molecular formula is C29H28F2N2O5. The fraction of sp³-hybridized carbons (Fsp3) is 0.276. The van der Waals surface area contributed by atoms with Crippen LogP contribution in [-0.4, -0.2) is 49.5 Å². The molecule has 3 aromatic carbocycles. The Morgan fingerprint density at radius 3 is 2.26 bits per heavy atom. The van der Waals surface area contributed by atoms with Crippen LogP contribution in [0.2, 0.25) is 0 Å². The van der Waals surface area contributed by atoms with Gasteiger partial charge in [-0.05, 0) is 72.4 Å². The molecule has 0 bridgehead atoms. The lowest BCUT2D eigenvalue weighted by Gasteiger charge is -2.32. The summed E-state index contributed by atoms with van der Waals surface area (Å²) < 4.78 is 37.1. The SMILES string of the molecule is COC(=O)c1ccc(OCC(=O)N2CCC(c3ccc(NC(=O)Cc4ccc(F)cc4F)cc3)CC2)cc1. The molecule has 38 heavy (non-hydrogen) atoms. The smallest absolute Gasteiger partial charge is 0.337 e. The molecule has 198 valence electrons. The maximum absolute atomic E-state index is 13.8. The zero-order valence-electron chi connectivity index (χ0n) is 20.9. The van der Waals surface area contributed by atoms with Gasteiger partial charge in [-0.2, -0.15) is 0 Å². The molecule has 1 fully saturated rings. The van der Waals surface area contributed by atoms with Crippen LogP contribution in [0.1, 0.15) is 40.2 Å². The summed E-state index contributed by atoms with van der Waals surface area (Å²) in [6.45, 7) is 1.13. The van der Waals surface area contributed by atoms with E-state index in [-0.39, 0.29) is 30.4 Å². The van der Waals surface area contributed by atoms with Gasteiger partial charge in [0.2, 0.25) is 5.91 Å². The van der Waals surface area contributed by atoms with Gasteiger partial charge < -0.3 is 19.7 Å². The maximum Gasteiger partial charge on any atom is 0.337 e. The number of amides is 2. The standard InChI is InChI=1S/C29H28F2N2O5/c1-37-29(36)21-5-10-25(11-6-21)38-18-28(35)33-14-12-20(13-15-33)19-3-8-24(9-4-19)32-27(34)16-22-2-7-23(30)17-26(22)31/h2-11,17,20H,12-16,18H2,1H3,(H,32,34). The highest BCUT2D eigenvalue weighted by Crippen LogP contribution is 2.29. The first-order valence-electron chi connectivity index (χ1n) is 12.2. The number of methoxy groups -OCH3 is 1. The summed E-state index contributed by atoms with van der Waals surface area (Å²) in [5, 5.41) is 2.73. The monoisotopic (exact) mass is 522 g/mol. The Balaban J connectivity index is 1.22. The quantitative estimate of drug-likeness (QED) is 0.433. The Hall–Kier alpha value is -4.27. The minimum Gasteiger partial charge on any atom is -0.484 e. The van der Waals surface area contributed by atoms with Gasteiger partial charge >= 0.3 is 5.97 Å². The largest absolute Gasteiger partial charge is 0.484 e. The molecule has 0 saturated carbocycles. The molecule has 4 rings (SSSR count). The number of hydrogen-bond acceptors (Lipinski definition) is 5. The van der Waals surface area contributed by atoms with E-state index in [0.717, 1.165) is 30.5 Å². The second-order valence-electron chi connectivity index (χ2n) is 9.04. The lowest BCUT2D eigenvalue weighted by atomic mass is 9.89. The van der Waals surface area contributed by atoms with Crippen LogP contribution in [0.4, 0.5) is 14.5 Å². The van der Waals surface area contributed by atoms with E-state index in [0.29, 0.717) is 30.1 Å². The molecule has 7 nitrogen and oxygen atoms in total. The molecule has 0 aromatic heterocycles. The third kappa shape index (κ3) is 6.94. The number of carbonyl (C=O) groups excluding carboxylic acids is 3. The van der Waals surface area contributed by atoms with E-state index in [9.17, 15) is 23.2 Å². The van der Waals surface area contributed by atoms with Crippen LogP contribution in [0, 0.1) is 11.6 Å². The van der Waals surface area contributed by atoms with Crippen LogP contribution in [0.3, 0.4) is 0 Å². The van der Waals surface area contributed by atoms with Gasteiger partial charge in [-0.15, -0.1) is 0 Å². The fourth-order valence-corrected chi connectivity index (χ4v) is 4.39. The first-order chi connectivity index (χ1) is 18.3. The number of halogens is 2. The van der Waals surface area contributed by atoms with Gasteiger partial charge in [0, 0.05) is 24.8 Å². The van der Waals surface area contributed by atoms with Crippen LogP contribution >= 0.6 is 0 Å². The second kappa shape index (κ2) is 12.3. The van der Waals surface area contributed by atoms with E-state index < -0.39 is 23.5 Å². The van der Waals surface area contributed by atoms with E-state index in [1.807, 2.05) is 12.1 Å². The Kier molecular flexibility index (Phi) is 8.68. The Morgan fingerprint density at radius 1 is 0.947 bits per heavy atom. The van der Waals surface area contributed by atoms with Crippen molar-refractivity contribution < 1.29 is 32.6 Å². The molecule has 0 atom stereocenters. The van der Waals surface area contributed by atoms with Gasteiger partial charge in [0.25, 0.3) is 5.91 Å². The summed E-state index contributed by atoms with van der Waals surface area (Å²) in [5.41, 5.74) is 2.24. The van der Waals surface area contributed by atoms with Gasteiger partial charge in [0.15, 0.2) is 6.61 Å². The van der Waals surface area contributed by atoms with E-state index in [2.05, 4.69) is 10.1 Å². The van der Waals surface area contributed by atoms with Crippen LogP contribution in [0.25, 0.3) is 0 Å². The van der Waals surface area contributed by atoms with Crippen molar-refractivity contribution in [1.82, 2.24) is 4.90 Å². The zero-order valence-corrected chi connectivity index (χ0v) is 20.9. The lowest BCUT2D eigenvalue weighted by Crippen LogP contribution is -2.40. The third-order valence-corrected chi connectivity index (χ3v) is 6.52. The van der Waals surface area contributed by atoms with E-state index in [1.165, 1.54) is 13.2 Å². The molecule has 0 radical (unpaired) electrons. The fourth-order valence-electron chi connectivity index (χ4n) is 4.39. The highest BCUT2D eigenvalue weighted by Gasteiger charge is 2.24. The molecule has 2 amide bonds. The predicted octanol–water partition coefficient (Wildman–Crippen LogP) is 4.72. The van der Waals surface area contributed by atoms with Crippen molar-refractivity contribution >= 4 is 23.5 Å². The second-order valence-corrected chi connectivity index (χ2v) is 9.04. The summed E-state index contributed by atoms with van der Waals surface area (Å²) in [6, 6.07) is 17.0. The van der Waals surface area contributed by atoms with E-state index in [4.69, 9.17) is 4.74 Å². The van der Waals surface area contributed by atoms with E-state index in [1.54, 1.807) is 41.3 Å². The number of esters is 1. The first-order valence-corrected chi connectivity index (χ1v) is 12.2. The molecular weight excluding hydrogens is 494 g/mol. The van der Waals surface area contributed by atoms with Gasteiger partial charge in [0.1, 0.15) is 17.4 Å². The number of nitrogens with zero attached hydrogens (tertiary/aromatic N) is 1. The Bertz CT molecular complexity index is 1290. The summed E-state index contributed by atoms with van der Waals surface area (Å²) >= 11 is 0. The van der Waals surface area contributed by atoms with Crippen LogP contribution in [0.15, 0.2) is 66.7 Å². The van der Waals surface area contributed by atoms with Gasteiger partial charge in [-0.3, -0.25) is 9.59 Å². The molecule has 1 aliphatic heterocycles. The van der Waals surface area contributed by atoms with Crippen molar-refractivity contribution in [2.45, 2.75) is 25.2 Å². The van der Waals surface area contributed by atoms with Gasteiger partial charge in [0.05, 0.1) is 19.1 Å². The number of anilines is 1. The normalized spacial score (nSPS) is 13.6. The third-order valence-electron chi connectivity index (χ3n) is 6.52. The lowest BCUT2D eigenvalue weighted by molar-refractivity contribution is -0.134. The van der Waals surface area contributed by atoms with Gasteiger partial charge in [-0.25, -0.2) is 13.6 Å². The van der Waals surface area contributed by atoms with Gasteiger partial charge in [-0.1, -0.05) is 18.2 Å². The topological polar surface area (TPSA) is 84.9 Å². The number of ether oxygens (including phenoxy) is 2. The first kappa shape index (κ1) is 26.8. The molecule has 1 heterocycles. The molecule has 1 N–H and O–H groups in total. The number of likely N-dealkylation sites (tertiary alicyclic amines) is 1. The number of nitrogens with one attached hydrogen (secondary N) is 1. The van der Waals surface area contributed by atoms with Crippen LogP contribution < -0.4 is 10.1 Å². The predicted molar refractivity (Wildman–Crippen MR) is 137 cm³/mol. The minimum atomic E-state index is -0.749. The summed E-state index contributed by atoms with van der Waals surface area (Å²) in [5.74, 6) is -1.59. The average Bonchev–Trinajstić information content (AvgIpc) is 2.93. The molecule has 1 saturated heterocycles. The highest BCUT2D eigenvalue weighted by atomic mass is 19.1. The van der Waals surface area contributed by atoms with Crippen molar-refractivity contribution in [3.8, 4) is 5.75 Å². The molecule has 3 aromatic rings. The Labute approximate surface area is 219 Å². The van der Waals surface area contributed by atoms with Crippen molar-refractivity contribution in [2.24, 2.45) is 0 Å². The molecule has 0 unspecified atom stereocenters. The van der Waals surface area contributed by atoms with Crippen molar-refractivity contribution in [2.75, 3.05) is 32.1 Å². The summed E-state index contributed by atoms with van der Waals surface area (Å²) in [4.78, 5) is 38.1. The number of benzene rings is 3. The molecule has 0 spiro atoms. The molecule has 0 aliphatic carbocycles. The Morgan fingerprint density at radius 2 is 1.63 bits per heavy atom. The highest BCUT2D eigenvalue weighted by molar-refractivity contribution is 5.92. The number of rotatable bonds is 8. The number of carbonyl (C=O) groups is 3. The molecule has 1 aliphatic rings. The van der Waals surface area contributed by atoms with E-state index >= 15 is 0 Å². The van der Waals surface area contributed by atoms with Crippen LogP contribution in [0.5, 0.6) is 5.75 Å². The number of hydrogen-bond donors (Lipinski definition) is 1.